The van der Waals surface area contributed by atoms with Gasteiger partial charge in [0.2, 0.25) is 0 Å². The van der Waals surface area contributed by atoms with Gasteiger partial charge in [-0.2, -0.15) is 5.26 Å². The molecule has 1 aromatic heterocycles. The minimum Gasteiger partial charge on any atom is -0.496 e. The van der Waals surface area contributed by atoms with Crippen molar-refractivity contribution in [2.45, 2.75) is 0 Å². The molecule has 0 aliphatic carbocycles. The number of hydrogen-bond donors (Lipinski definition) is 0. The van der Waals surface area contributed by atoms with E-state index in [4.69, 9.17) is 21.6 Å². The number of aromatic nitrogens is 2. The van der Waals surface area contributed by atoms with E-state index in [0.717, 1.165) is 5.56 Å². The van der Waals surface area contributed by atoms with E-state index in [1.165, 1.54) is 0 Å². The molecular weight excluding hydrogens is 238 g/mol. The Balaban J connectivity index is 2.56. The number of halogens is 1. The van der Waals surface area contributed by atoms with Crippen molar-refractivity contribution in [3.05, 3.63) is 41.0 Å². The number of nitriles is 1. The van der Waals surface area contributed by atoms with Gasteiger partial charge < -0.3 is 4.74 Å². The maximum absolute atomic E-state index is 8.87. The third kappa shape index (κ3) is 2.35. The van der Waals surface area contributed by atoms with Crippen molar-refractivity contribution >= 4 is 11.6 Å². The minimum atomic E-state index is 0.323. The highest BCUT2D eigenvalue weighted by Crippen LogP contribution is 2.29. The molecule has 0 saturated heterocycles. The topological polar surface area (TPSA) is 58.8 Å². The quantitative estimate of drug-likeness (QED) is 0.816. The van der Waals surface area contributed by atoms with E-state index in [1.807, 2.05) is 0 Å². The Morgan fingerprint density at radius 1 is 1.24 bits per heavy atom. The van der Waals surface area contributed by atoms with E-state index < -0.39 is 0 Å². The second-order valence-corrected chi connectivity index (χ2v) is 3.66. The predicted octanol–water partition coefficient (Wildman–Crippen LogP) is 2.68. The first-order valence-corrected chi connectivity index (χ1v) is 5.20. The Hall–Kier alpha value is -2.12. The molecule has 0 aliphatic rings. The van der Waals surface area contributed by atoms with Gasteiger partial charge in [0.15, 0.2) is 5.15 Å². The van der Waals surface area contributed by atoms with Gasteiger partial charge in [0.05, 0.1) is 24.4 Å². The summed E-state index contributed by atoms with van der Waals surface area (Å²) in [4.78, 5) is 0. The maximum atomic E-state index is 8.87. The van der Waals surface area contributed by atoms with Crippen LogP contribution in [0.1, 0.15) is 5.56 Å². The average molecular weight is 246 g/mol. The number of ether oxygens (including phenoxy) is 1. The van der Waals surface area contributed by atoms with Crippen LogP contribution in [0.15, 0.2) is 30.3 Å². The predicted molar refractivity (Wildman–Crippen MR) is 63.7 cm³/mol. The summed E-state index contributed by atoms with van der Waals surface area (Å²) < 4.78 is 5.22. The molecule has 5 heteroatoms. The Bertz CT molecular complexity index is 575. The highest BCUT2D eigenvalue weighted by atomic mass is 35.5. The lowest BCUT2D eigenvalue weighted by atomic mass is 10.1. The molecule has 0 amide bonds. The van der Waals surface area contributed by atoms with Crippen LogP contribution >= 0.6 is 11.6 Å². The lowest BCUT2D eigenvalue weighted by molar-refractivity contribution is 0.416. The lowest BCUT2D eigenvalue weighted by Crippen LogP contribution is -1.92. The van der Waals surface area contributed by atoms with Crippen molar-refractivity contribution in [3.8, 4) is 23.1 Å². The first-order chi connectivity index (χ1) is 8.24. The van der Waals surface area contributed by atoms with E-state index in [-0.39, 0.29) is 0 Å². The SMILES string of the molecule is COc1ccc(C#N)cc1-c1ccc(Cl)nn1. The van der Waals surface area contributed by atoms with Gasteiger partial charge >= 0.3 is 0 Å². The fourth-order valence-corrected chi connectivity index (χ4v) is 1.54. The second kappa shape index (κ2) is 4.81. The van der Waals surface area contributed by atoms with Gasteiger partial charge in [-0.1, -0.05) is 11.6 Å². The van der Waals surface area contributed by atoms with Crippen molar-refractivity contribution in [2.75, 3.05) is 7.11 Å². The third-order valence-electron chi connectivity index (χ3n) is 2.24. The van der Waals surface area contributed by atoms with Crippen LogP contribution in [0.2, 0.25) is 5.15 Å². The standard InChI is InChI=1S/C12H8ClN3O/c1-17-11-4-2-8(7-14)6-9(11)10-3-5-12(13)16-15-10/h2-6H,1H3. The summed E-state index contributed by atoms with van der Waals surface area (Å²) >= 11 is 5.67. The molecule has 0 radical (unpaired) electrons. The van der Waals surface area contributed by atoms with Gasteiger partial charge in [-0.15, -0.1) is 10.2 Å². The first kappa shape index (κ1) is 11.4. The van der Waals surface area contributed by atoms with E-state index >= 15 is 0 Å². The van der Waals surface area contributed by atoms with E-state index in [1.54, 1.807) is 37.4 Å². The summed E-state index contributed by atoms with van der Waals surface area (Å²) in [5.74, 6) is 0.639. The number of rotatable bonds is 2. The number of nitrogens with zero attached hydrogens (tertiary/aromatic N) is 3. The Morgan fingerprint density at radius 3 is 2.65 bits per heavy atom. The summed E-state index contributed by atoms with van der Waals surface area (Å²) in [6, 6.07) is 10.6. The van der Waals surface area contributed by atoms with E-state index in [9.17, 15) is 0 Å². The van der Waals surface area contributed by atoms with Gasteiger partial charge in [0, 0.05) is 5.56 Å². The van der Waals surface area contributed by atoms with Crippen LogP contribution in [0.5, 0.6) is 5.75 Å². The van der Waals surface area contributed by atoms with Crippen LogP contribution in [0.3, 0.4) is 0 Å². The van der Waals surface area contributed by atoms with Crippen molar-refractivity contribution in [1.29, 1.82) is 5.26 Å². The zero-order valence-corrected chi connectivity index (χ0v) is 9.77. The van der Waals surface area contributed by atoms with Crippen molar-refractivity contribution in [3.63, 3.8) is 0 Å². The molecule has 1 heterocycles. The Morgan fingerprint density at radius 2 is 2.06 bits per heavy atom. The Kier molecular flexibility index (Phi) is 3.22. The normalized spacial score (nSPS) is 9.71. The van der Waals surface area contributed by atoms with Crippen molar-refractivity contribution in [2.24, 2.45) is 0 Å². The fraction of sp³-hybridized carbons (Fsp3) is 0.0833. The second-order valence-electron chi connectivity index (χ2n) is 3.27. The highest BCUT2D eigenvalue weighted by molar-refractivity contribution is 6.29. The monoisotopic (exact) mass is 245 g/mol. The lowest BCUT2D eigenvalue weighted by Gasteiger charge is -2.07. The summed E-state index contributed by atoms with van der Waals surface area (Å²) in [7, 11) is 1.56. The van der Waals surface area contributed by atoms with Crippen LogP contribution in [-0.4, -0.2) is 17.3 Å². The molecule has 0 saturated carbocycles. The highest BCUT2D eigenvalue weighted by Gasteiger charge is 2.08. The summed E-state index contributed by atoms with van der Waals surface area (Å²) in [5.41, 5.74) is 1.87. The van der Waals surface area contributed by atoms with Crippen LogP contribution in [0.4, 0.5) is 0 Å². The molecule has 0 bridgehead atoms. The third-order valence-corrected chi connectivity index (χ3v) is 2.44. The largest absolute Gasteiger partial charge is 0.496 e. The van der Waals surface area contributed by atoms with E-state index in [0.29, 0.717) is 22.2 Å². The molecule has 0 fully saturated rings. The van der Waals surface area contributed by atoms with Crippen LogP contribution < -0.4 is 4.74 Å². The van der Waals surface area contributed by atoms with Crippen molar-refractivity contribution in [1.82, 2.24) is 10.2 Å². The molecule has 0 N–H and O–H groups in total. The van der Waals surface area contributed by atoms with Gasteiger partial charge in [-0.05, 0) is 30.3 Å². The number of benzene rings is 1. The molecular formula is C12H8ClN3O. The molecule has 0 atom stereocenters. The van der Waals surface area contributed by atoms with Gasteiger partial charge in [-0.3, -0.25) is 0 Å². The minimum absolute atomic E-state index is 0.323. The van der Waals surface area contributed by atoms with Gasteiger partial charge in [0.25, 0.3) is 0 Å². The smallest absolute Gasteiger partial charge is 0.151 e. The molecule has 4 nitrogen and oxygen atoms in total. The van der Waals surface area contributed by atoms with Gasteiger partial charge in [0.1, 0.15) is 5.75 Å². The molecule has 17 heavy (non-hydrogen) atoms. The molecule has 0 spiro atoms. The Labute approximate surface area is 103 Å². The fourth-order valence-electron chi connectivity index (χ4n) is 1.44. The van der Waals surface area contributed by atoms with Crippen LogP contribution in [-0.2, 0) is 0 Å². The zero-order chi connectivity index (χ0) is 12.3. The summed E-state index contributed by atoms with van der Waals surface area (Å²) in [5, 5.41) is 16.9. The molecule has 1 aromatic carbocycles. The maximum Gasteiger partial charge on any atom is 0.151 e. The zero-order valence-electron chi connectivity index (χ0n) is 9.01. The van der Waals surface area contributed by atoms with Crippen molar-refractivity contribution < 1.29 is 4.74 Å². The molecule has 0 unspecified atom stereocenters. The molecule has 84 valence electrons. The number of methoxy groups -OCH3 is 1. The average Bonchev–Trinajstić information content (AvgIpc) is 2.39. The number of hydrogen-bond acceptors (Lipinski definition) is 4. The first-order valence-electron chi connectivity index (χ1n) is 4.82. The molecule has 2 rings (SSSR count). The van der Waals surface area contributed by atoms with Gasteiger partial charge in [-0.25, -0.2) is 0 Å². The molecule has 0 aliphatic heterocycles. The van der Waals surface area contributed by atoms with E-state index in [2.05, 4.69) is 16.3 Å². The molecule has 2 aromatic rings. The van der Waals surface area contributed by atoms with Crippen LogP contribution in [0.25, 0.3) is 11.3 Å². The summed E-state index contributed by atoms with van der Waals surface area (Å²) in [6.07, 6.45) is 0. The summed E-state index contributed by atoms with van der Waals surface area (Å²) in [6.45, 7) is 0. The van der Waals surface area contributed by atoms with Crippen LogP contribution in [0, 0.1) is 11.3 Å².